The van der Waals surface area contributed by atoms with Gasteiger partial charge < -0.3 is 10.4 Å². The highest BCUT2D eigenvalue weighted by molar-refractivity contribution is 5.92. The van der Waals surface area contributed by atoms with Crippen LogP contribution in [0.3, 0.4) is 0 Å². The third-order valence-corrected chi connectivity index (χ3v) is 0.880. The molecule has 0 aliphatic heterocycles. The normalized spacial score (nSPS) is 10.0. The number of ketones is 1. The SMILES string of the molecule is C/C=C(\O)C(=O)CC.CNC. The number of allylic oxidation sites excluding steroid dienone is 2. The van der Waals surface area contributed by atoms with Crippen LogP contribution in [0.1, 0.15) is 20.3 Å². The lowest BCUT2D eigenvalue weighted by molar-refractivity contribution is -0.117. The van der Waals surface area contributed by atoms with Gasteiger partial charge >= 0.3 is 0 Å². The van der Waals surface area contributed by atoms with Crippen LogP contribution in [0.2, 0.25) is 0 Å². The second-order valence-electron chi connectivity index (χ2n) is 1.95. The number of aliphatic hydroxyl groups is 1. The van der Waals surface area contributed by atoms with Gasteiger partial charge in [0.1, 0.15) is 0 Å². The summed E-state index contributed by atoms with van der Waals surface area (Å²) >= 11 is 0. The maximum absolute atomic E-state index is 10.4. The third-order valence-electron chi connectivity index (χ3n) is 0.880. The number of rotatable bonds is 2. The van der Waals surface area contributed by atoms with Crippen molar-refractivity contribution in [1.29, 1.82) is 0 Å². The van der Waals surface area contributed by atoms with E-state index in [2.05, 4.69) is 5.32 Å². The van der Waals surface area contributed by atoms with Crippen molar-refractivity contribution in [2.75, 3.05) is 14.1 Å². The average molecular weight is 159 g/mol. The molecule has 0 saturated heterocycles. The lowest BCUT2D eigenvalue weighted by Gasteiger charge is -1.90. The first-order valence-corrected chi connectivity index (χ1v) is 3.60. The Morgan fingerprint density at radius 2 is 1.91 bits per heavy atom. The largest absolute Gasteiger partial charge is 0.505 e. The molecular formula is C8H17NO2. The van der Waals surface area contributed by atoms with Gasteiger partial charge in [-0.3, -0.25) is 4.79 Å². The maximum Gasteiger partial charge on any atom is 0.196 e. The summed E-state index contributed by atoms with van der Waals surface area (Å²) in [5.41, 5.74) is 0. The van der Waals surface area contributed by atoms with E-state index in [1.165, 1.54) is 6.08 Å². The van der Waals surface area contributed by atoms with E-state index in [1.807, 2.05) is 14.1 Å². The van der Waals surface area contributed by atoms with Gasteiger partial charge in [-0.05, 0) is 27.1 Å². The first-order valence-electron chi connectivity index (χ1n) is 3.60. The molecule has 66 valence electrons. The van der Waals surface area contributed by atoms with Gasteiger partial charge in [0.05, 0.1) is 0 Å². The lowest BCUT2D eigenvalue weighted by Crippen LogP contribution is -1.97. The van der Waals surface area contributed by atoms with Gasteiger partial charge in [-0.15, -0.1) is 0 Å². The van der Waals surface area contributed by atoms with E-state index in [0.717, 1.165) is 0 Å². The summed E-state index contributed by atoms with van der Waals surface area (Å²) in [5.74, 6) is -0.333. The average Bonchev–Trinajstić information content (AvgIpc) is 2.03. The van der Waals surface area contributed by atoms with Gasteiger partial charge in [-0.2, -0.15) is 0 Å². The molecule has 0 aromatic heterocycles. The molecule has 0 aromatic carbocycles. The zero-order chi connectivity index (χ0) is 9.28. The molecular weight excluding hydrogens is 142 g/mol. The Kier molecular flexibility index (Phi) is 10.7. The first kappa shape index (κ1) is 12.8. The molecule has 2 N–H and O–H groups in total. The number of hydrogen-bond acceptors (Lipinski definition) is 3. The van der Waals surface area contributed by atoms with Crippen LogP contribution in [0.25, 0.3) is 0 Å². The van der Waals surface area contributed by atoms with Gasteiger partial charge in [0.25, 0.3) is 0 Å². The van der Waals surface area contributed by atoms with E-state index in [9.17, 15) is 4.79 Å². The number of carbonyl (C=O) groups is 1. The summed E-state index contributed by atoms with van der Waals surface area (Å²) in [6.45, 7) is 3.34. The number of nitrogens with one attached hydrogen (secondary N) is 1. The summed E-state index contributed by atoms with van der Waals surface area (Å²) < 4.78 is 0. The zero-order valence-corrected chi connectivity index (χ0v) is 7.64. The van der Waals surface area contributed by atoms with Crippen LogP contribution in [-0.2, 0) is 4.79 Å². The van der Waals surface area contributed by atoms with Gasteiger partial charge in [0, 0.05) is 6.42 Å². The number of hydrogen-bond donors (Lipinski definition) is 2. The lowest BCUT2D eigenvalue weighted by atomic mass is 10.2. The molecule has 0 atom stereocenters. The molecule has 0 rings (SSSR count). The highest BCUT2D eigenvalue weighted by Gasteiger charge is 1.99. The van der Waals surface area contributed by atoms with Crippen molar-refractivity contribution >= 4 is 5.78 Å². The second kappa shape index (κ2) is 9.17. The molecule has 0 saturated carbocycles. The van der Waals surface area contributed by atoms with Crippen molar-refractivity contribution in [3.63, 3.8) is 0 Å². The molecule has 0 aliphatic rings. The fourth-order valence-electron chi connectivity index (χ4n) is 0.342. The van der Waals surface area contributed by atoms with Crippen molar-refractivity contribution in [1.82, 2.24) is 5.32 Å². The molecule has 0 heterocycles. The Bertz CT molecular complexity index is 130. The molecule has 0 aromatic rings. The minimum absolute atomic E-state index is 0.132. The minimum Gasteiger partial charge on any atom is -0.505 e. The van der Waals surface area contributed by atoms with Crippen molar-refractivity contribution in [2.45, 2.75) is 20.3 Å². The predicted molar refractivity (Wildman–Crippen MR) is 46.7 cm³/mol. The van der Waals surface area contributed by atoms with Gasteiger partial charge in [0.15, 0.2) is 11.5 Å². The Morgan fingerprint density at radius 1 is 1.55 bits per heavy atom. The van der Waals surface area contributed by atoms with Gasteiger partial charge in [0.2, 0.25) is 0 Å². The topological polar surface area (TPSA) is 49.3 Å². The van der Waals surface area contributed by atoms with Crippen molar-refractivity contribution in [3.8, 4) is 0 Å². The Hall–Kier alpha value is -0.830. The maximum atomic E-state index is 10.4. The molecule has 11 heavy (non-hydrogen) atoms. The number of aliphatic hydroxyl groups excluding tert-OH is 1. The quantitative estimate of drug-likeness (QED) is 0.471. The molecule has 0 unspecified atom stereocenters. The molecule has 0 fully saturated rings. The third kappa shape index (κ3) is 9.17. The highest BCUT2D eigenvalue weighted by atomic mass is 16.3. The Balaban J connectivity index is 0. The molecule has 0 bridgehead atoms. The monoisotopic (exact) mass is 159 g/mol. The summed E-state index contributed by atoms with van der Waals surface area (Å²) in [7, 11) is 3.75. The second-order valence-corrected chi connectivity index (χ2v) is 1.95. The van der Waals surface area contributed by atoms with Gasteiger partial charge in [-0.25, -0.2) is 0 Å². The molecule has 0 radical (unpaired) electrons. The van der Waals surface area contributed by atoms with Crippen LogP contribution in [-0.4, -0.2) is 25.0 Å². The fourth-order valence-corrected chi connectivity index (χ4v) is 0.342. The van der Waals surface area contributed by atoms with Crippen LogP contribution in [0.15, 0.2) is 11.8 Å². The summed E-state index contributed by atoms with van der Waals surface area (Å²) in [6.07, 6.45) is 1.77. The number of Topliss-reactive ketones (excluding diaryl/α,β-unsaturated/α-hetero) is 1. The molecule has 3 heteroatoms. The molecule has 0 aliphatic carbocycles. The standard InChI is InChI=1S/C6H10O2.C2H7N/c1-3-5(7)6(8)4-2;1-3-2/h3,7H,4H2,1-2H3;3H,1-2H3/b5-3-;. The molecule has 3 nitrogen and oxygen atoms in total. The van der Waals surface area contributed by atoms with E-state index in [1.54, 1.807) is 13.8 Å². The van der Waals surface area contributed by atoms with E-state index in [0.29, 0.717) is 6.42 Å². The fraction of sp³-hybridized carbons (Fsp3) is 0.625. The van der Waals surface area contributed by atoms with E-state index in [-0.39, 0.29) is 11.5 Å². The summed E-state index contributed by atoms with van der Waals surface area (Å²) in [4.78, 5) is 10.4. The predicted octanol–water partition coefficient (Wildman–Crippen LogP) is 1.26. The van der Waals surface area contributed by atoms with Crippen LogP contribution >= 0.6 is 0 Å². The van der Waals surface area contributed by atoms with Crippen molar-refractivity contribution in [3.05, 3.63) is 11.8 Å². The van der Waals surface area contributed by atoms with Crippen molar-refractivity contribution < 1.29 is 9.90 Å². The summed E-state index contributed by atoms with van der Waals surface area (Å²) in [5, 5.41) is 11.4. The van der Waals surface area contributed by atoms with Crippen LogP contribution in [0, 0.1) is 0 Å². The minimum atomic E-state index is -0.201. The Morgan fingerprint density at radius 3 is 2.00 bits per heavy atom. The van der Waals surface area contributed by atoms with Crippen molar-refractivity contribution in [2.24, 2.45) is 0 Å². The Labute approximate surface area is 68.1 Å². The number of carbonyl (C=O) groups excluding carboxylic acids is 1. The molecule has 0 amide bonds. The first-order chi connectivity index (χ1) is 5.13. The van der Waals surface area contributed by atoms with E-state index >= 15 is 0 Å². The zero-order valence-electron chi connectivity index (χ0n) is 7.64. The van der Waals surface area contributed by atoms with Crippen LogP contribution < -0.4 is 5.32 Å². The summed E-state index contributed by atoms with van der Waals surface area (Å²) in [6, 6.07) is 0. The smallest absolute Gasteiger partial charge is 0.196 e. The highest BCUT2D eigenvalue weighted by Crippen LogP contribution is 1.92. The van der Waals surface area contributed by atoms with Crippen LogP contribution in [0.5, 0.6) is 0 Å². The van der Waals surface area contributed by atoms with Gasteiger partial charge in [-0.1, -0.05) is 6.92 Å². The van der Waals surface area contributed by atoms with E-state index < -0.39 is 0 Å². The molecule has 0 spiro atoms. The van der Waals surface area contributed by atoms with E-state index in [4.69, 9.17) is 5.11 Å². The van der Waals surface area contributed by atoms with Crippen LogP contribution in [0.4, 0.5) is 0 Å².